The third kappa shape index (κ3) is 4.91. The first kappa shape index (κ1) is 15.6. The van der Waals surface area contributed by atoms with Crippen LogP contribution in [-0.2, 0) is 0 Å². The van der Waals surface area contributed by atoms with Crippen molar-refractivity contribution in [2.75, 3.05) is 26.2 Å². The number of nitrogens with zero attached hydrogens (tertiary/aromatic N) is 1. The van der Waals surface area contributed by atoms with Gasteiger partial charge in [-0.25, -0.2) is 0 Å². The summed E-state index contributed by atoms with van der Waals surface area (Å²) in [5.74, 6) is 0. The third-order valence-corrected chi connectivity index (χ3v) is 5.24. The monoisotopic (exact) mass is 320 g/mol. The molecule has 0 spiro atoms. The lowest BCUT2D eigenvalue weighted by molar-refractivity contribution is 0.280. The number of hydrogen-bond donors (Lipinski definition) is 1. The van der Waals surface area contributed by atoms with Crippen LogP contribution in [0.2, 0.25) is 8.67 Å². The van der Waals surface area contributed by atoms with E-state index in [4.69, 9.17) is 23.2 Å². The molecule has 0 aliphatic carbocycles. The van der Waals surface area contributed by atoms with Crippen LogP contribution in [0.5, 0.6) is 0 Å². The van der Waals surface area contributed by atoms with Crippen molar-refractivity contribution in [3.8, 4) is 0 Å². The molecule has 1 aromatic rings. The van der Waals surface area contributed by atoms with Gasteiger partial charge >= 0.3 is 0 Å². The molecule has 2 heterocycles. The summed E-state index contributed by atoms with van der Waals surface area (Å²) in [6.45, 7) is 6.78. The topological polar surface area (TPSA) is 15.3 Å². The summed E-state index contributed by atoms with van der Waals surface area (Å²) in [4.78, 5) is 2.56. The Labute approximate surface area is 130 Å². The first-order valence-corrected chi connectivity index (χ1v) is 8.64. The van der Waals surface area contributed by atoms with E-state index in [1.807, 2.05) is 6.07 Å². The van der Waals surface area contributed by atoms with E-state index in [1.54, 1.807) is 0 Å². The van der Waals surface area contributed by atoms with Gasteiger partial charge in [0, 0.05) is 19.1 Å². The van der Waals surface area contributed by atoms with Crippen LogP contribution >= 0.6 is 34.5 Å². The molecule has 1 aliphatic heterocycles. The first-order valence-electron chi connectivity index (χ1n) is 7.07. The average molecular weight is 321 g/mol. The molecule has 2 nitrogen and oxygen atoms in total. The fraction of sp³-hybridized carbons (Fsp3) is 0.714. The van der Waals surface area contributed by atoms with Crippen LogP contribution in [0.15, 0.2) is 6.07 Å². The number of nitrogens with one attached hydrogen (secondary N) is 1. The number of likely N-dealkylation sites (tertiary alicyclic amines) is 1. The van der Waals surface area contributed by atoms with Gasteiger partial charge in [-0.2, -0.15) is 0 Å². The van der Waals surface area contributed by atoms with Gasteiger partial charge in [0.1, 0.15) is 0 Å². The molecule has 1 fully saturated rings. The molecule has 1 N–H and O–H groups in total. The second-order valence-corrected chi connectivity index (χ2v) is 7.50. The number of rotatable bonds is 5. The van der Waals surface area contributed by atoms with Gasteiger partial charge in [0.2, 0.25) is 0 Å². The molecule has 108 valence electrons. The minimum Gasteiger partial charge on any atom is -0.309 e. The van der Waals surface area contributed by atoms with E-state index in [0.29, 0.717) is 0 Å². The van der Waals surface area contributed by atoms with Gasteiger partial charge in [0.05, 0.1) is 8.67 Å². The summed E-state index contributed by atoms with van der Waals surface area (Å²) in [6.07, 6.45) is 5.48. The molecule has 2 rings (SSSR count). The zero-order chi connectivity index (χ0) is 13.7. The molecule has 0 aromatic carbocycles. The van der Waals surface area contributed by atoms with Crippen LogP contribution in [0, 0.1) is 0 Å². The highest BCUT2D eigenvalue weighted by molar-refractivity contribution is 7.20. The Bertz CT molecular complexity index is 387. The molecule has 5 heteroatoms. The Balaban J connectivity index is 1.74. The van der Waals surface area contributed by atoms with E-state index in [0.717, 1.165) is 27.3 Å². The van der Waals surface area contributed by atoms with Crippen molar-refractivity contribution in [1.82, 2.24) is 10.2 Å². The maximum atomic E-state index is 6.17. The number of hydrogen-bond acceptors (Lipinski definition) is 3. The Morgan fingerprint density at radius 1 is 1.26 bits per heavy atom. The van der Waals surface area contributed by atoms with Crippen molar-refractivity contribution in [2.45, 2.75) is 38.6 Å². The Hall–Kier alpha value is 0.200. The predicted octanol–water partition coefficient (Wildman–Crippen LogP) is 4.58. The minimum absolute atomic E-state index is 0.267. The fourth-order valence-corrected chi connectivity index (χ4v) is 4.20. The lowest BCUT2D eigenvalue weighted by atomic mass is 10.2. The SMILES string of the molecule is CC(NCCN1CCCCCC1)c1cc(Cl)sc1Cl. The van der Waals surface area contributed by atoms with Gasteiger partial charge in [-0.3, -0.25) is 0 Å². The second-order valence-electron chi connectivity index (χ2n) is 5.21. The predicted molar refractivity (Wildman–Crippen MR) is 85.7 cm³/mol. The zero-order valence-electron chi connectivity index (χ0n) is 11.4. The highest BCUT2D eigenvalue weighted by Crippen LogP contribution is 2.34. The van der Waals surface area contributed by atoms with Crippen molar-refractivity contribution in [2.24, 2.45) is 0 Å². The summed E-state index contributed by atoms with van der Waals surface area (Å²) in [5, 5.41) is 3.54. The fourth-order valence-electron chi connectivity index (χ4n) is 2.56. The number of halogens is 2. The molecular weight excluding hydrogens is 299 g/mol. The largest absolute Gasteiger partial charge is 0.309 e. The summed E-state index contributed by atoms with van der Waals surface area (Å²) >= 11 is 13.6. The third-order valence-electron chi connectivity index (χ3n) is 3.73. The molecule has 0 saturated carbocycles. The number of thiophene rings is 1. The Morgan fingerprint density at radius 3 is 2.53 bits per heavy atom. The maximum absolute atomic E-state index is 6.17. The lowest BCUT2D eigenvalue weighted by Gasteiger charge is -2.21. The standard InChI is InChI=1S/C14H22Cl2N2S/c1-11(12-10-13(15)19-14(12)16)17-6-9-18-7-4-2-3-5-8-18/h10-11,17H,2-9H2,1H3. The van der Waals surface area contributed by atoms with Crippen molar-refractivity contribution in [1.29, 1.82) is 0 Å². The molecule has 1 aromatic heterocycles. The van der Waals surface area contributed by atoms with Gasteiger partial charge in [-0.15, -0.1) is 11.3 Å². The van der Waals surface area contributed by atoms with Crippen LogP contribution in [0.1, 0.15) is 44.2 Å². The lowest BCUT2D eigenvalue weighted by Crippen LogP contribution is -2.33. The van der Waals surface area contributed by atoms with E-state index < -0.39 is 0 Å². The van der Waals surface area contributed by atoms with Crippen LogP contribution in [-0.4, -0.2) is 31.1 Å². The Kier molecular flexibility index (Phi) is 6.43. The second kappa shape index (κ2) is 7.84. The molecule has 0 amide bonds. The zero-order valence-corrected chi connectivity index (χ0v) is 13.8. The van der Waals surface area contributed by atoms with Crippen molar-refractivity contribution < 1.29 is 0 Å². The summed E-state index contributed by atoms with van der Waals surface area (Å²) in [6, 6.07) is 2.24. The minimum atomic E-state index is 0.267. The Morgan fingerprint density at radius 2 is 1.95 bits per heavy atom. The van der Waals surface area contributed by atoms with Crippen molar-refractivity contribution in [3.63, 3.8) is 0 Å². The molecule has 19 heavy (non-hydrogen) atoms. The molecule has 1 atom stereocenters. The van der Waals surface area contributed by atoms with E-state index in [1.165, 1.54) is 50.1 Å². The first-order chi connectivity index (χ1) is 9.16. The normalized spacial score (nSPS) is 19.3. The molecule has 1 aliphatic rings. The highest BCUT2D eigenvalue weighted by Gasteiger charge is 2.14. The highest BCUT2D eigenvalue weighted by atomic mass is 35.5. The summed E-state index contributed by atoms with van der Waals surface area (Å²) in [5.41, 5.74) is 1.12. The van der Waals surface area contributed by atoms with Crippen molar-refractivity contribution >= 4 is 34.5 Å². The smallest absolute Gasteiger partial charge is 0.0991 e. The quantitative estimate of drug-likeness (QED) is 0.854. The maximum Gasteiger partial charge on any atom is 0.0991 e. The van der Waals surface area contributed by atoms with Crippen LogP contribution < -0.4 is 5.32 Å². The molecule has 1 saturated heterocycles. The van der Waals surface area contributed by atoms with Gasteiger partial charge in [0.25, 0.3) is 0 Å². The van der Waals surface area contributed by atoms with Gasteiger partial charge < -0.3 is 10.2 Å². The van der Waals surface area contributed by atoms with Gasteiger partial charge in [-0.05, 0) is 44.5 Å². The van der Waals surface area contributed by atoms with Gasteiger partial charge in [-0.1, -0.05) is 36.0 Å². The van der Waals surface area contributed by atoms with Crippen LogP contribution in [0.4, 0.5) is 0 Å². The van der Waals surface area contributed by atoms with E-state index in [2.05, 4.69) is 17.1 Å². The van der Waals surface area contributed by atoms with Gasteiger partial charge in [0.15, 0.2) is 0 Å². The molecule has 1 unspecified atom stereocenters. The molecule has 0 radical (unpaired) electrons. The summed E-state index contributed by atoms with van der Waals surface area (Å²) in [7, 11) is 0. The van der Waals surface area contributed by atoms with E-state index in [-0.39, 0.29) is 6.04 Å². The average Bonchev–Trinajstić information content (AvgIpc) is 2.58. The van der Waals surface area contributed by atoms with Crippen LogP contribution in [0.25, 0.3) is 0 Å². The van der Waals surface area contributed by atoms with Crippen molar-refractivity contribution in [3.05, 3.63) is 20.3 Å². The van der Waals surface area contributed by atoms with E-state index >= 15 is 0 Å². The molecular formula is C14H22Cl2N2S. The van der Waals surface area contributed by atoms with E-state index in [9.17, 15) is 0 Å². The van der Waals surface area contributed by atoms with Crippen LogP contribution in [0.3, 0.4) is 0 Å². The molecule has 0 bridgehead atoms. The summed E-state index contributed by atoms with van der Waals surface area (Å²) < 4.78 is 1.57.